The standard InChI is InChI=1S/C52H98NO8P/c1-6-8-10-12-14-16-18-20-22-24-25-26-27-29-30-32-34-36-38-40-42-44-51(54)58-48-50(49-60-62(56,57)59-47-46-53(3,4)5)61-52(55)45-43-41-39-37-35-33-31-28-23-21-19-17-15-13-11-9-7-2/h15,17,20-23,50H,6-14,16,18-19,24-49H2,1-5H3/p+1/b17-15+,22-20+,23-21+/t50-/m1/s1. The highest BCUT2D eigenvalue weighted by Crippen LogP contribution is 2.43. The Morgan fingerprint density at radius 2 is 0.871 bits per heavy atom. The van der Waals surface area contributed by atoms with Crippen molar-refractivity contribution in [1.29, 1.82) is 0 Å². The zero-order chi connectivity index (χ0) is 45.7. The van der Waals surface area contributed by atoms with Gasteiger partial charge >= 0.3 is 19.8 Å². The van der Waals surface area contributed by atoms with Gasteiger partial charge in [-0.05, 0) is 70.6 Å². The summed E-state index contributed by atoms with van der Waals surface area (Å²) in [4.78, 5) is 35.5. The van der Waals surface area contributed by atoms with Gasteiger partial charge in [0.1, 0.15) is 19.8 Å². The van der Waals surface area contributed by atoms with Crippen LogP contribution in [0, 0.1) is 0 Å². The highest BCUT2D eigenvalue weighted by Gasteiger charge is 2.27. The van der Waals surface area contributed by atoms with E-state index in [-0.39, 0.29) is 32.0 Å². The first kappa shape index (κ1) is 60.2. The van der Waals surface area contributed by atoms with Gasteiger partial charge in [-0.2, -0.15) is 0 Å². The number of esters is 2. The van der Waals surface area contributed by atoms with Crippen LogP contribution in [-0.2, 0) is 32.7 Å². The van der Waals surface area contributed by atoms with E-state index in [4.69, 9.17) is 18.5 Å². The van der Waals surface area contributed by atoms with Gasteiger partial charge in [-0.1, -0.05) is 185 Å². The zero-order valence-electron chi connectivity index (χ0n) is 41.1. The number of phosphoric acid groups is 1. The van der Waals surface area contributed by atoms with E-state index in [2.05, 4.69) is 50.3 Å². The molecule has 0 aliphatic heterocycles. The number of unbranched alkanes of at least 4 members (excludes halogenated alkanes) is 27. The number of carbonyl (C=O) groups excluding carboxylic acids is 2. The lowest BCUT2D eigenvalue weighted by Crippen LogP contribution is -2.37. The van der Waals surface area contributed by atoms with Crippen molar-refractivity contribution in [3.05, 3.63) is 36.5 Å². The smallest absolute Gasteiger partial charge is 0.462 e. The zero-order valence-corrected chi connectivity index (χ0v) is 42.0. The molecule has 10 heteroatoms. The van der Waals surface area contributed by atoms with E-state index in [0.29, 0.717) is 17.4 Å². The molecule has 0 aliphatic carbocycles. The molecule has 0 heterocycles. The maximum Gasteiger partial charge on any atom is 0.472 e. The van der Waals surface area contributed by atoms with Crippen LogP contribution in [0.2, 0.25) is 0 Å². The van der Waals surface area contributed by atoms with Gasteiger partial charge in [0.25, 0.3) is 0 Å². The topological polar surface area (TPSA) is 108 Å². The molecule has 1 N–H and O–H groups in total. The molecule has 0 aromatic carbocycles. The molecule has 2 atom stereocenters. The van der Waals surface area contributed by atoms with Crippen LogP contribution in [0.25, 0.3) is 0 Å². The summed E-state index contributed by atoms with van der Waals surface area (Å²) < 4.78 is 34.4. The number of allylic oxidation sites excluding steroid dienone is 6. The molecule has 0 aromatic heterocycles. The van der Waals surface area contributed by atoms with Crippen LogP contribution in [-0.4, -0.2) is 74.9 Å². The molecule has 0 aliphatic rings. The van der Waals surface area contributed by atoms with Gasteiger partial charge in [0.15, 0.2) is 6.10 Å². The van der Waals surface area contributed by atoms with E-state index in [1.54, 1.807) is 0 Å². The van der Waals surface area contributed by atoms with Crippen molar-refractivity contribution in [2.75, 3.05) is 47.5 Å². The van der Waals surface area contributed by atoms with Crippen molar-refractivity contribution in [2.24, 2.45) is 0 Å². The number of hydrogen-bond donors (Lipinski definition) is 1. The van der Waals surface area contributed by atoms with E-state index in [1.807, 2.05) is 21.1 Å². The molecular formula is C52H99NO8P+. The number of nitrogens with zero attached hydrogens (tertiary/aromatic N) is 1. The van der Waals surface area contributed by atoms with Crippen molar-refractivity contribution < 1.29 is 42.1 Å². The molecule has 0 amide bonds. The van der Waals surface area contributed by atoms with Crippen LogP contribution in [0.3, 0.4) is 0 Å². The third-order valence-corrected chi connectivity index (χ3v) is 12.1. The summed E-state index contributed by atoms with van der Waals surface area (Å²) in [7, 11) is 1.47. The average Bonchev–Trinajstić information content (AvgIpc) is 3.23. The maximum atomic E-state index is 12.7. The third-order valence-electron chi connectivity index (χ3n) is 11.1. The van der Waals surface area contributed by atoms with Crippen LogP contribution in [0.5, 0.6) is 0 Å². The van der Waals surface area contributed by atoms with Crippen LogP contribution in [0.15, 0.2) is 36.5 Å². The summed E-state index contributed by atoms with van der Waals surface area (Å²) in [5, 5.41) is 0. The molecule has 0 radical (unpaired) electrons. The Balaban J connectivity index is 4.24. The van der Waals surface area contributed by atoms with Gasteiger partial charge in [0.05, 0.1) is 27.7 Å². The number of likely N-dealkylation sites (N-methyl/N-ethyl adjacent to an activating group) is 1. The fraction of sp³-hybridized carbons (Fsp3) is 0.846. The predicted molar refractivity (Wildman–Crippen MR) is 261 cm³/mol. The fourth-order valence-electron chi connectivity index (χ4n) is 7.10. The molecule has 0 saturated carbocycles. The summed E-state index contributed by atoms with van der Waals surface area (Å²) in [5.41, 5.74) is 0. The largest absolute Gasteiger partial charge is 0.472 e. The lowest BCUT2D eigenvalue weighted by Gasteiger charge is -2.24. The van der Waals surface area contributed by atoms with Gasteiger partial charge in [-0.3, -0.25) is 18.6 Å². The molecule has 62 heavy (non-hydrogen) atoms. The number of quaternary nitrogens is 1. The highest BCUT2D eigenvalue weighted by atomic mass is 31.2. The van der Waals surface area contributed by atoms with Gasteiger partial charge < -0.3 is 18.9 Å². The fourth-order valence-corrected chi connectivity index (χ4v) is 7.84. The second kappa shape index (κ2) is 44.4. The number of hydrogen-bond acceptors (Lipinski definition) is 7. The van der Waals surface area contributed by atoms with Crippen molar-refractivity contribution in [2.45, 2.75) is 238 Å². The van der Waals surface area contributed by atoms with Crippen molar-refractivity contribution >= 4 is 19.8 Å². The first-order chi connectivity index (χ1) is 30.0. The van der Waals surface area contributed by atoms with Crippen molar-refractivity contribution in [3.8, 4) is 0 Å². The Kier molecular flexibility index (Phi) is 43.2. The monoisotopic (exact) mass is 897 g/mol. The van der Waals surface area contributed by atoms with Crippen LogP contribution in [0.1, 0.15) is 232 Å². The molecule has 0 saturated heterocycles. The van der Waals surface area contributed by atoms with E-state index in [9.17, 15) is 19.0 Å². The third kappa shape index (κ3) is 47.7. The quantitative estimate of drug-likeness (QED) is 0.0212. The number of phosphoric ester groups is 1. The lowest BCUT2D eigenvalue weighted by molar-refractivity contribution is -0.870. The number of ether oxygens (including phenoxy) is 2. The van der Waals surface area contributed by atoms with E-state index < -0.39 is 26.5 Å². The minimum Gasteiger partial charge on any atom is -0.462 e. The second-order valence-electron chi connectivity index (χ2n) is 18.5. The van der Waals surface area contributed by atoms with Gasteiger partial charge in [-0.25, -0.2) is 4.57 Å². The van der Waals surface area contributed by atoms with Crippen LogP contribution in [0.4, 0.5) is 0 Å². The molecule has 0 fully saturated rings. The summed E-state index contributed by atoms with van der Waals surface area (Å²) in [6.07, 6.45) is 51.9. The highest BCUT2D eigenvalue weighted by molar-refractivity contribution is 7.47. The lowest BCUT2D eigenvalue weighted by atomic mass is 10.0. The first-order valence-electron chi connectivity index (χ1n) is 25.7. The Morgan fingerprint density at radius 1 is 0.500 bits per heavy atom. The normalized spacial score (nSPS) is 13.7. The minimum atomic E-state index is -4.38. The molecule has 0 spiro atoms. The van der Waals surface area contributed by atoms with Gasteiger partial charge in [-0.15, -0.1) is 0 Å². The molecule has 0 rings (SSSR count). The van der Waals surface area contributed by atoms with Gasteiger partial charge in [0.2, 0.25) is 0 Å². The number of carbonyl (C=O) groups is 2. The van der Waals surface area contributed by atoms with Crippen molar-refractivity contribution in [1.82, 2.24) is 0 Å². The molecule has 9 nitrogen and oxygen atoms in total. The molecule has 0 bridgehead atoms. The van der Waals surface area contributed by atoms with Gasteiger partial charge in [0, 0.05) is 12.8 Å². The van der Waals surface area contributed by atoms with Crippen LogP contribution < -0.4 is 0 Å². The Bertz CT molecular complexity index is 1150. The molecular weight excluding hydrogens is 798 g/mol. The van der Waals surface area contributed by atoms with E-state index >= 15 is 0 Å². The predicted octanol–water partition coefficient (Wildman–Crippen LogP) is 15.3. The SMILES string of the molecule is CCCCC/C=C/C/C=C/CCCCCCCCCC(=O)O[C@H](COC(=O)CCCCCCCCCCCCC/C=C/CCCCCCCC)COP(=O)(O)OCC[N+](C)(C)C. The minimum absolute atomic E-state index is 0.0303. The second-order valence-corrected chi connectivity index (χ2v) is 20.0. The first-order valence-corrected chi connectivity index (χ1v) is 27.2. The van der Waals surface area contributed by atoms with Crippen molar-refractivity contribution in [3.63, 3.8) is 0 Å². The molecule has 364 valence electrons. The Morgan fingerprint density at radius 3 is 1.32 bits per heavy atom. The Labute approximate surface area is 382 Å². The molecule has 0 aromatic rings. The van der Waals surface area contributed by atoms with Crippen LogP contribution >= 0.6 is 7.82 Å². The van der Waals surface area contributed by atoms with E-state index in [0.717, 1.165) is 51.4 Å². The van der Waals surface area contributed by atoms with E-state index in [1.165, 1.54) is 148 Å². The maximum absolute atomic E-state index is 12.7. The average molecular weight is 897 g/mol. The summed E-state index contributed by atoms with van der Waals surface area (Å²) in [5.74, 6) is -0.801. The summed E-state index contributed by atoms with van der Waals surface area (Å²) in [6.45, 7) is 4.41. The Hall–Kier alpha value is -1.77. The summed E-state index contributed by atoms with van der Waals surface area (Å²) in [6, 6.07) is 0. The summed E-state index contributed by atoms with van der Waals surface area (Å²) >= 11 is 0. The molecule has 1 unspecified atom stereocenters. The number of rotatable bonds is 47.